The van der Waals surface area contributed by atoms with Crippen LogP contribution in [-0.4, -0.2) is 58.5 Å². The fourth-order valence-corrected chi connectivity index (χ4v) is 2.98. The van der Waals surface area contributed by atoms with E-state index in [-0.39, 0.29) is 24.3 Å². The van der Waals surface area contributed by atoms with Crippen molar-refractivity contribution in [1.82, 2.24) is 15.5 Å². The van der Waals surface area contributed by atoms with Crippen LogP contribution in [0.4, 0.5) is 0 Å². The number of carboxylic acid groups (broad SMARTS) is 1. The monoisotopic (exact) mass is 297 g/mol. The van der Waals surface area contributed by atoms with Gasteiger partial charge in [0.15, 0.2) is 0 Å². The van der Waals surface area contributed by atoms with Crippen LogP contribution in [0, 0.1) is 0 Å². The maximum atomic E-state index is 12.2. The average molecular weight is 297 g/mol. The number of carbonyl (C=O) groups excluding carboxylic acids is 2. The fraction of sp³-hybridized carbons (Fsp3) is 0.786. The fourth-order valence-electron chi connectivity index (χ4n) is 2.98. The summed E-state index contributed by atoms with van der Waals surface area (Å²) in [6.45, 7) is 5.24. The van der Waals surface area contributed by atoms with Gasteiger partial charge in [-0.1, -0.05) is 0 Å². The lowest BCUT2D eigenvalue weighted by molar-refractivity contribution is -0.152. The van der Waals surface area contributed by atoms with Gasteiger partial charge >= 0.3 is 5.97 Å². The first-order valence-electron chi connectivity index (χ1n) is 7.43. The summed E-state index contributed by atoms with van der Waals surface area (Å²) >= 11 is 0. The summed E-state index contributed by atoms with van der Waals surface area (Å²) in [5, 5.41) is 14.6. The second-order valence-corrected chi connectivity index (χ2v) is 6.13. The highest BCUT2D eigenvalue weighted by Gasteiger charge is 2.46. The third-order valence-corrected chi connectivity index (χ3v) is 4.41. The summed E-state index contributed by atoms with van der Waals surface area (Å²) < 4.78 is 0. The zero-order valence-electron chi connectivity index (χ0n) is 12.5. The molecule has 118 valence electrons. The lowest BCUT2D eigenvalue weighted by Crippen LogP contribution is -2.62. The van der Waals surface area contributed by atoms with Gasteiger partial charge in [0.1, 0.15) is 5.54 Å². The van der Waals surface area contributed by atoms with Crippen molar-refractivity contribution in [3.05, 3.63) is 0 Å². The molecule has 0 aromatic rings. The third kappa shape index (κ3) is 3.18. The zero-order valence-corrected chi connectivity index (χ0v) is 12.5. The molecule has 0 bridgehead atoms. The molecular formula is C14H23N3O4. The van der Waals surface area contributed by atoms with E-state index in [0.29, 0.717) is 25.9 Å². The molecule has 21 heavy (non-hydrogen) atoms. The quantitative estimate of drug-likeness (QED) is 0.647. The van der Waals surface area contributed by atoms with Crippen LogP contribution in [0.5, 0.6) is 0 Å². The van der Waals surface area contributed by atoms with E-state index in [1.54, 1.807) is 0 Å². The Hall–Kier alpha value is -1.63. The number of rotatable bonds is 5. The Morgan fingerprint density at radius 3 is 2.62 bits per heavy atom. The zero-order chi connectivity index (χ0) is 15.6. The van der Waals surface area contributed by atoms with Crippen LogP contribution in [0.2, 0.25) is 0 Å². The number of carboxylic acids is 1. The van der Waals surface area contributed by atoms with Crippen molar-refractivity contribution in [3.63, 3.8) is 0 Å². The smallest absolute Gasteiger partial charge is 0.329 e. The molecule has 3 N–H and O–H groups in total. The van der Waals surface area contributed by atoms with Crippen LogP contribution in [0.15, 0.2) is 0 Å². The Labute approximate surface area is 124 Å². The molecule has 0 aromatic carbocycles. The maximum Gasteiger partial charge on any atom is 0.329 e. The molecular weight excluding hydrogens is 274 g/mol. The van der Waals surface area contributed by atoms with Gasteiger partial charge in [-0.05, 0) is 33.1 Å². The summed E-state index contributed by atoms with van der Waals surface area (Å²) in [5.74, 6) is -1.52. The van der Waals surface area contributed by atoms with Gasteiger partial charge in [-0.2, -0.15) is 0 Å². The van der Waals surface area contributed by atoms with Crippen molar-refractivity contribution >= 4 is 17.8 Å². The van der Waals surface area contributed by atoms with Gasteiger partial charge in [-0.15, -0.1) is 0 Å². The first-order valence-corrected chi connectivity index (χ1v) is 7.43. The number of nitrogens with one attached hydrogen (secondary N) is 2. The predicted octanol–water partition coefficient (Wildman–Crippen LogP) is -0.291. The van der Waals surface area contributed by atoms with E-state index in [2.05, 4.69) is 10.6 Å². The minimum atomic E-state index is -1.12. The summed E-state index contributed by atoms with van der Waals surface area (Å²) in [5.41, 5.74) is -1.12. The minimum absolute atomic E-state index is 0.000949. The van der Waals surface area contributed by atoms with Crippen molar-refractivity contribution in [2.24, 2.45) is 0 Å². The highest BCUT2D eigenvalue weighted by Crippen LogP contribution is 2.32. The highest BCUT2D eigenvalue weighted by molar-refractivity contribution is 5.92. The van der Waals surface area contributed by atoms with Crippen molar-refractivity contribution < 1.29 is 19.5 Å². The molecule has 1 heterocycles. The number of aliphatic carboxylic acids is 1. The Balaban J connectivity index is 2.00. The molecule has 7 nitrogen and oxygen atoms in total. The first-order chi connectivity index (χ1) is 9.85. The SMILES string of the molecule is CC(C)N1CCNC(=O)C1CC(=O)NC1(C(=O)O)CCC1. The molecule has 1 atom stereocenters. The summed E-state index contributed by atoms with van der Waals surface area (Å²) in [7, 11) is 0. The summed E-state index contributed by atoms with van der Waals surface area (Å²) in [6, 6.07) is -0.365. The standard InChI is InChI=1S/C14H23N3O4/c1-9(2)17-7-6-15-12(19)10(17)8-11(18)16-14(13(20)21)4-3-5-14/h9-10H,3-8H2,1-2H3,(H,15,19)(H,16,18)(H,20,21). The van der Waals surface area contributed by atoms with E-state index in [1.807, 2.05) is 18.7 Å². The molecule has 2 amide bonds. The molecule has 0 spiro atoms. The molecule has 0 aromatic heterocycles. The lowest BCUT2D eigenvalue weighted by atomic mass is 9.76. The topological polar surface area (TPSA) is 98.7 Å². The van der Waals surface area contributed by atoms with E-state index in [0.717, 1.165) is 6.42 Å². The highest BCUT2D eigenvalue weighted by atomic mass is 16.4. The predicted molar refractivity (Wildman–Crippen MR) is 75.6 cm³/mol. The second-order valence-electron chi connectivity index (χ2n) is 6.13. The van der Waals surface area contributed by atoms with Gasteiger partial charge in [0.05, 0.1) is 12.5 Å². The van der Waals surface area contributed by atoms with Gasteiger partial charge < -0.3 is 15.7 Å². The van der Waals surface area contributed by atoms with Crippen LogP contribution < -0.4 is 10.6 Å². The molecule has 1 saturated carbocycles. The van der Waals surface area contributed by atoms with Crippen molar-refractivity contribution in [2.75, 3.05) is 13.1 Å². The Morgan fingerprint density at radius 1 is 1.48 bits per heavy atom. The molecule has 2 fully saturated rings. The van der Waals surface area contributed by atoms with Crippen molar-refractivity contribution in [1.29, 1.82) is 0 Å². The molecule has 1 aliphatic carbocycles. The van der Waals surface area contributed by atoms with Gasteiger partial charge in [-0.25, -0.2) is 4.79 Å². The molecule has 2 aliphatic rings. The van der Waals surface area contributed by atoms with Gasteiger partial charge in [0.2, 0.25) is 11.8 Å². The molecule has 1 aliphatic heterocycles. The van der Waals surface area contributed by atoms with Crippen LogP contribution in [0.25, 0.3) is 0 Å². The molecule has 1 unspecified atom stereocenters. The maximum absolute atomic E-state index is 12.2. The molecule has 2 rings (SSSR count). The average Bonchev–Trinajstić information content (AvgIpc) is 2.35. The normalized spacial score (nSPS) is 25.1. The summed E-state index contributed by atoms with van der Waals surface area (Å²) in [4.78, 5) is 37.4. The number of carbonyl (C=O) groups is 3. The van der Waals surface area contributed by atoms with E-state index in [9.17, 15) is 19.5 Å². The molecule has 0 radical (unpaired) electrons. The van der Waals surface area contributed by atoms with Crippen LogP contribution >= 0.6 is 0 Å². The van der Waals surface area contributed by atoms with Gasteiger partial charge in [-0.3, -0.25) is 14.5 Å². The van der Waals surface area contributed by atoms with Crippen molar-refractivity contribution in [2.45, 2.75) is 57.2 Å². The van der Waals surface area contributed by atoms with Crippen LogP contribution in [0.1, 0.15) is 39.5 Å². The van der Waals surface area contributed by atoms with Gasteiger partial charge in [0, 0.05) is 19.1 Å². The largest absolute Gasteiger partial charge is 0.480 e. The van der Waals surface area contributed by atoms with E-state index >= 15 is 0 Å². The number of piperazine rings is 1. The number of amides is 2. The van der Waals surface area contributed by atoms with E-state index in [1.165, 1.54) is 0 Å². The minimum Gasteiger partial charge on any atom is -0.480 e. The Bertz CT molecular complexity index is 446. The lowest BCUT2D eigenvalue weighted by Gasteiger charge is -2.40. The molecule has 7 heteroatoms. The van der Waals surface area contributed by atoms with Crippen LogP contribution in [-0.2, 0) is 14.4 Å². The second kappa shape index (κ2) is 6.01. The van der Waals surface area contributed by atoms with E-state index in [4.69, 9.17) is 0 Å². The Kier molecular flexibility index (Phi) is 4.51. The first kappa shape index (κ1) is 15.8. The number of hydrogen-bond donors (Lipinski definition) is 3. The number of nitrogens with zero attached hydrogens (tertiary/aromatic N) is 1. The third-order valence-electron chi connectivity index (χ3n) is 4.41. The molecule has 1 saturated heterocycles. The van der Waals surface area contributed by atoms with Gasteiger partial charge in [0.25, 0.3) is 0 Å². The van der Waals surface area contributed by atoms with Crippen molar-refractivity contribution in [3.8, 4) is 0 Å². The summed E-state index contributed by atoms with van der Waals surface area (Å²) in [6.07, 6.45) is 1.71. The van der Waals surface area contributed by atoms with E-state index < -0.39 is 17.6 Å². The van der Waals surface area contributed by atoms with Crippen LogP contribution in [0.3, 0.4) is 0 Å². The Morgan fingerprint density at radius 2 is 2.14 bits per heavy atom. The number of hydrogen-bond acceptors (Lipinski definition) is 4.